The molecule has 24 heavy (non-hydrogen) atoms. The number of esters is 1. The summed E-state index contributed by atoms with van der Waals surface area (Å²) in [6.45, 7) is 8.25. The third kappa shape index (κ3) is 8.50. The zero-order valence-electron chi connectivity index (χ0n) is 14.3. The lowest BCUT2D eigenvalue weighted by Crippen LogP contribution is -2.25. The van der Waals surface area contributed by atoms with Crippen molar-refractivity contribution < 1.29 is 24.1 Å². The van der Waals surface area contributed by atoms with Crippen LogP contribution in [-0.2, 0) is 25.6 Å². The molecule has 1 rings (SSSR count). The fourth-order valence-electron chi connectivity index (χ4n) is 1.89. The lowest BCUT2D eigenvalue weighted by atomic mass is 10.1. The van der Waals surface area contributed by atoms with Crippen molar-refractivity contribution in [2.45, 2.75) is 39.1 Å². The van der Waals surface area contributed by atoms with Gasteiger partial charge < -0.3 is 19.3 Å². The van der Waals surface area contributed by atoms with E-state index < -0.39 is 18.2 Å². The van der Waals surface area contributed by atoms with Crippen LogP contribution in [0.3, 0.4) is 0 Å². The lowest BCUT2D eigenvalue weighted by Gasteiger charge is -2.20. The Balaban J connectivity index is 2.50. The van der Waals surface area contributed by atoms with E-state index in [9.17, 15) is 9.90 Å². The van der Waals surface area contributed by atoms with E-state index in [1.807, 2.05) is 30.3 Å². The average Bonchev–Trinajstić information content (AvgIpc) is 2.55. The van der Waals surface area contributed by atoms with Crippen molar-refractivity contribution in [3.63, 3.8) is 0 Å². The van der Waals surface area contributed by atoms with Crippen molar-refractivity contribution in [1.29, 1.82) is 0 Å². The molecule has 0 radical (unpaired) electrons. The van der Waals surface area contributed by atoms with Gasteiger partial charge in [-0.15, -0.1) is 0 Å². The molecule has 0 fully saturated rings. The largest absolute Gasteiger partial charge is 0.495 e. The summed E-state index contributed by atoms with van der Waals surface area (Å²) in [6.07, 6.45) is 1.73. The monoisotopic (exact) mass is 334 g/mol. The van der Waals surface area contributed by atoms with Crippen molar-refractivity contribution in [3.05, 3.63) is 60.4 Å². The maximum absolute atomic E-state index is 11.3. The maximum Gasteiger partial charge on any atom is 0.333 e. The molecule has 1 N–H and O–H groups in total. The number of hydrogen-bond acceptors (Lipinski definition) is 5. The highest BCUT2D eigenvalue weighted by molar-refractivity contribution is 5.81. The molecule has 0 heterocycles. The van der Waals surface area contributed by atoms with Crippen LogP contribution in [0, 0.1) is 0 Å². The van der Waals surface area contributed by atoms with E-state index in [1.165, 1.54) is 12.3 Å². The molecule has 0 unspecified atom stereocenters. The summed E-state index contributed by atoms with van der Waals surface area (Å²) in [7, 11) is 0. The van der Waals surface area contributed by atoms with Crippen molar-refractivity contribution in [2.24, 2.45) is 0 Å². The molecule has 5 nitrogen and oxygen atoms in total. The van der Waals surface area contributed by atoms with E-state index in [4.69, 9.17) is 14.2 Å². The highest BCUT2D eigenvalue weighted by atomic mass is 16.5. The Hall–Kier alpha value is -2.11. The van der Waals surface area contributed by atoms with Crippen molar-refractivity contribution in [1.82, 2.24) is 0 Å². The van der Waals surface area contributed by atoms with Crippen molar-refractivity contribution in [2.75, 3.05) is 13.2 Å². The van der Waals surface area contributed by atoms with E-state index in [0.29, 0.717) is 25.2 Å². The molecule has 0 saturated carbocycles. The van der Waals surface area contributed by atoms with Crippen LogP contribution in [0.15, 0.2) is 54.8 Å². The Labute approximate surface area is 143 Å². The number of carbonyl (C=O) groups is 1. The van der Waals surface area contributed by atoms with Gasteiger partial charge in [-0.3, -0.25) is 0 Å². The smallest absolute Gasteiger partial charge is 0.333 e. The highest BCUT2D eigenvalue weighted by Crippen LogP contribution is 2.11. The van der Waals surface area contributed by atoms with E-state index in [-0.39, 0.29) is 6.61 Å². The SMILES string of the molecule is C=C(C)[C@@H](O)C[C@H](COCc1ccccc1)O/C=C/C(=O)OCC. The van der Waals surface area contributed by atoms with Gasteiger partial charge in [0.05, 0.1) is 38.3 Å². The topological polar surface area (TPSA) is 65.0 Å². The fraction of sp³-hybridized carbons (Fsp3) is 0.421. The first-order valence-electron chi connectivity index (χ1n) is 7.96. The summed E-state index contributed by atoms with van der Waals surface area (Å²) in [5.74, 6) is -0.470. The van der Waals surface area contributed by atoms with E-state index >= 15 is 0 Å². The third-order valence-corrected chi connectivity index (χ3v) is 3.23. The van der Waals surface area contributed by atoms with Gasteiger partial charge in [-0.25, -0.2) is 4.79 Å². The molecule has 0 aliphatic rings. The standard InChI is InChI=1S/C19H26O5/c1-4-23-19(21)10-11-24-17(12-18(20)15(2)3)14-22-13-16-8-6-5-7-9-16/h5-11,17-18,20H,2,4,12-14H2,1,3H3/b11-10+/t17-,18+/m1/s1. The van der Waals surface area contributed by atoms with Crippen LogP contribution in [0.4, 0.5) is 0 Å². The van der Waals surface area contributed by atoms with Crippen LogP contribution < -0.4 is 0 Å². The van der Waals surface area contributed by atoms with Crippen LogP contribution in [0.2, 0.25) is 0 Å². The Bertz CT molecular complexity index is 524. The molecule has 0 aliphatic heterocycles. The van der Waals surface area contributed by atoms with Gasteiger partial charge in [0.2, 0.25) is 0 Å². The molecule has 1 aromatic rings. The lowest BCUT2D eigenvalue weighted by molar-refractivity contribution is -0.137. The Morgan fingerprint density at radius 2 is 2.04 bits per heavy atom. The first-order chi connectivity index (χ1) is 11.5. The third-order valence-electron chi connectivity index (χ3n) is 3.23. The van der Waals surface area contributed by atoms with Gasteiger partial charge in [0.1, 0.15) is 6.10 Å². The first-order valence-corrected chi connectivity index (χ1v) is 7.96. The molecule has 132 valence electrons. The Kier molecular flexibility index (Phi) is 9.49. The molecule has 0 aromatic heterocycles. The number of aliphatic hydroxyl groups excluding tert-OH is 1. The fourth-order valence-corrected chi connectivity index (χ4v) is 1.89. The van der Waals surface area contributed by atoms with E-state index in [1.54, 1.807) is 13.8 Å². The quantitative estimate of drug-likeness (QED) is 0.292. The number of hydrogen-bond donors (Lipinski definition) is 1. The minimum absolute atomic E-state index is 0.284. The van der Waals surface area contributed by atoms with Crippen LogP contribution in [0.1, 0.15) is 25.8 Å². The van der Waals surface area contributed by atoms with Crippen molar-refractivity contribution >= 4 is 5.97 Å². The number of rotatable bonds is 11. The summed E-state index contributed by atoms with van der Waals surface area (Å²) in [5, 5.41) is 9.96. The van der Waals surface area contributed by atoms with Crippen LogP contribution in [0.5, 0.6) is 0 Å². The number of aliphatic hydroxyl groups is 1. The van der Waals surface area contributed by atoms with Gasteiger partial charge in [0.15, 0.2) is 0 Å². The zero-order chi connectivity index (χ0) is 17.8. The predicted molar refractivity (Wildman–Crippen MR) is 92.2 cm³/mol. The summed E-state index contributed by atoms with van der Waals surface area (Å²) >= 11 is 0. The molecule has 0 aliphatic carbocycles. The summed E-state index contributed by atoms with van der Waals surface area (Å²) in [4.78, 5) is 11.3. The minimum Gasteiger partial charge on any atom is -0.495 e. The second-order valence-electron chi connectivity index (χ2n) is 5.41. The number of ether oxygens (including phenoxy) is 3. The normalized spacial score (nSPS) is 13.5. The van der Waals surface area contributed by atoms with E-state index in [2.05, 4.69) is 6.58 Å². The Morgan fingerprint density at radius 1 is 1.33 bits per heavy atom. The van der Waals surface area contributed by atoms with Crippen LogP contribution in [-0.4, -0.2) is 36.5 Å². The van der Waals surface area contributed by atoms with Gasteiger partial charge in [0.25, 0.3) is 0 Å². The van der Waals surface area contributed by atoms with Crippen molar-refractivity contribution in [3.8, 4) is 0 Å². The number of carbonyl (C=O) groups excluding carboxylic acids is 1. The maximum atomic E-state index is 11.3. The van der Waals surface area contributed by atoms with Crippen LogP contribution in [0.25, 0.3) is 0 Å². The van der Waals surface area contributed by atoms with Gasteiger partial charge >= 0.3 is 5.97 Å². The zero-order valence-corrected chi connectivity index (χ0v) is 14.3. The van der Waals surface area contributed by atoms with Gasteiger partial charge in [-0.05, 0) is 19.4 Å². The molecule has 5 heteroatoms. The van der Waals surface area contributed by atoms with Gasteiger partial charge in [-0.2, -0.15) is 0 Å². The summed E-state index contributed by atoms with van der Waals surface area (Å²) in [6, 6.07) is 9.77. The first kappa shape index (κ1) is 19.9. The van der Waals surface area contributed by atoms with Crippen LogP contribution >= 0.6 is 0 Å². The summed E-state index contributed by atoms with van der Waals surface area (Å²) < 4.78 is 15.9. The average molecular weight is 334 g/mol. The minimum atomic E-state index is -0.689. The summed E-state index contributed by atoms with van der Waals surface area (Å²) in [5.41, 5.74) is 1.71. The Morgan fingerprint density at radius 3 is 2.67 bits per heavy atom. The number of benzene rings is 1. The molecule has 0 spiro atoms. The molecule has 0 bridgehead atoms. The molecule has 0 saturated heterocycles. The molecule has 1 aromatic carbocycles. The van der Waals surface area contributed by atoms with Gasteiger partial charge in [0, 0.05) is 6.42 Å². The highest BCUT2D eigenvalue weighted by Gasteiger charge is 2.16. The second kappa shape index (κ2) is 11.4. The predicted octanol–water partition coefficient (Wildman–Crippen LogP) is 2.99. The van der Waals surface area contributed by atoms with E-state index in [0.717, 1.165) is 5.56 Å². The second-order valence-corrected chi connectivity index (χ2v) is 5.41. The molecule has 0 amide bonds. The van der Waals surface area contributed by atoms with Gasteiger partial charge in [-0.1, -0.05) is 42.5 Å². The molecular weight excluding hydrogens is 308 g/mol. The molecule has 2 atom stereocenters. The molecular formula is C19H26O5.